The molecular weight excluding hydrogens is 660 g/mol. The van der Waals surface area contributed by atoms with Crippen LogP contribution >= 0.6 is 0 Å². The Kier molecular flexibility index (Phi) is 11.5. The van der Waals surface area contributed by atoms with Gasteiger partial charge in [0.2, 0.25) is 5.91 Å². The van der Waals surface area contributed by atoms with E-state index in [4.69, 9.17) is 25.4 Å². The number of guanidine groups is 1. The summed E-state index contributed by atoms with van der Waals surface area (Å²) in [4.78, 5) is 64.6. The molecule has 0 radical (unpaired) electrons. The number of aliphatic imine (C=N–C) groups is 1. The number of nitrogens with one attached hydrogen (secondary N) is 1. The Balaban J connectivity index is 1.15. The number of nitrogens with two attached hydrogens (primary N) is 2. The summed E-state index contributed by atoms with van der Waals surface area (Å²) in [5, 5.41) is 24.7. The maximum atomic E-state index is 12.8. The lowest BCUT2D eigenvalue weighted by atomic mass is 9.43. The van der Waals surface area contributed by atoms with Crippen molar-refractivity contribution in [3.8, 4) is 0 Å². The van der Waals surface area contributed by atoms with Crippen LogP contribution in [0.3, 0.4) is 0 Å². The molecule has 0 aliphatic heterocycles. The van der Waals surface area contributed by atoms with Crippen molar-refractivity contribution in [2.75, 3.05) is 6.54 Å². The lowest BCUT2D eigenvalue weighted by Gasteiger charge is -2.63. The first-order valence-electron chi connectivity index (χ1n) is 18.3. The molecule has 282 valence electrons. The topological polar surface area (TPSA) is 234 Å². The Morgan fingerprint density at radius 2 is 1.80 bits per heavy atom. The Labute approximate surface area is 298 Å². The second-order valence-corrected chi connectivity index (χ2v) is 15.7. The first kappa shape index (κ1) is 38.3. The fourth-order valence-electron chi connectivity index (χ4n) is 10.4. The van der Waals surface area contributed by atoms with E-state index in [1.807, 2.05) is 0 Å². The van der Waals surface area contributed by atoms with E-state index in [1.165, 1.54) is 19.3 Å². The molecule has 14 nitrogen and oxygen atoms in total. The quantitative estimate of drug-likeness (QED) is 0.0858. The Bertz CT molecular complexity index is 1540. The van der Waals surface area contributed by atoms with Crippen LogP contribution in [0.2, 0.25) is 0 Å². The molecule has 51 heavy (non-hydrogen) atoms. The number of nitrogens with zero attached hydrogens (tertiary/aromatic N) is 1. The number of carbonyl (C=O) groups is 4. The number of amides is 1. The number of hydrogen-bond acceptors (Lipinski definition) is 10. The molecule has 0 unspecified atom stereocenters. The molecule has 7 N–H and O–H groups in total. The van der Waals surface area contributed by atoms with Crippen LogP contribution in [-0.2, 0) is 28.7 Å². The largest absolute Gasteiger partial charge is 0.480 e. The van der Waals surface area contributed by atoms with Gasteiger partial charge in [-0.15, -0.1) is 0 Å². The third-order valence-corrected chi connectivity index (χ3v) is 12.9. The Hall–Kier alpha value is -3.94. The molecule has 0 spiro atoms. The van der Waals surface area contributed by atoms with Gasteiger partial charge in [0.05, 0.1) is 11.9 Å². The fourth-order valence-corrected chi connectivity index (χ4v) is 10.4. The molecule has 1 heterocycles. The summed E-state index contributed by atoms with van der Waals surface area (Å²) in [7, 11) is 0. The predicted molar refractivity (Wildman–Crippen MR) is 185 cm³/mol. The summed E-state index contributed by atoms with van der Waals surface area (Å²) >= 11 is 0. The van der Waals surface area contributed by atoms with Gasteiger partial charge in [-0.25, -0.2) is 9.59 Å². The summed E-state index contributed by atoms with van der Waals surface area (Å²) in [5.74, 6) is -2.21. The monoisotopic (exact) mass is 714 g/mol. The molecule has 0 aromatic carbocycles. The van der Waals surface area contributed by atoms with Gasteiger partial charge in [-0.2, -0.15) is 0 Å². The van der Waals surface area contributed by atoms with Gasteiger partial charge in [-0.3, -0.25) is 19.4 Å². The van der Waals surface area contributed by atoms with Crippen molar-refractivity contribution in [3.05, 3.63) is 34.4 Å². The lowest BCUT2D eigenvalue weighted by Crippen LogP contribution is -2.62. The van der Waals surface area contributed by atoms with Crippen LogP contribution in [0.15, 0.2) is 32.6 Å². The summed E-state index contributed by atoms with van der Waals surface area (Å²) in [6, 6.07) is 2.03. The highest BCUT2D eigenvalue weighted by molar-refractivity contribution is 5.83. The van der Waals surface area contributed by atoms with Crippen LogP contribution in [0.1, 0.15) is 116 Å². The molecule has 1 amide bonds. The average molecular weight is 715 g/mol. The first-order valence-corrected chi connectivity index (χ1v) is 18.3. The SMILES string of the molecule is CC(=O)O[C@H]1C[C@]2(O)[C@@H]3CC[C@@H]4C[C@@H](OC(=O)CCCC(=O)N[C@@H](CCCN=C(N)N)C(=O)O)CC[C@]4(C)[C@H]3CC[C@]2(C)[C@H]1c1ccc(=O)oc1. The van der Waals surface area contributed by atoms with Crippen molar-refractivity contribution < 1.29 is 43.3 Å². The number of esters is 2. The van der Waals surface area contributed by atoms with Gasteiger partial charge in [0, 0.05) is 50.1 Å². The van der Waals surface area contributed by atoms with Crippen molar-refractivity contribution in [2.45, 2.75) is 134 Å². The molecule has 0 saturated heterocycles. The number of carboxylic acid groups (broad SMARTS) is 1. The standard InChI is InChI=1S/C37H54N4O10/c1-21(42)50-28-19-37(48)26-11-10-23-18-24(51-31(45)8-4-7-29(43)41-27(33(46)47)6-5-17-40-34(38)39)13-15-35(23,2)25(26)14-16-36(37,3)32(28)22-9-12-30(44)49-20-22/h9,12,20,23-28,32,48H,4-8,10-11,13-19H2,1-3H3,(H,41,43)(H,46,47)(H4,38,39,40)/t23-,24+,25+,26-,27+,28+,32+,35+,36-,37+/m1/s1. The zero-order valence-electron chi connectivity index (χ0n) is 29.9. The normalized spacial score (nSPS) is 34.5. The minimum absolute atomic E-state index is 0.000456. The van der Waals surface area contributed by atoms with Crippen LogP contribution in [0, 0.1) is 28.6 Å². The number of carbonyl (C=O) groups excluding carboxylic acids is 3. The average Bonchev–Trinajstić information content (AvgIpc) is 3.28. The van der Waals surface area contributed by atoms with Crippen molar-refractivity contribution in [1.82, 2.24) is 5.32 Å². The zero-order valence-corrected chi connectivity index (χ0v) is 29.9. The number of rotatable bonds is 13. The van der Waals surface area contributed by atoms with Gasteiger partial charge < -0.3 is 40.9 Å². The minimum Gasteiger partial charge on any atom is -0.480 e. The summed E-state index contributed by atoms with van der Waals surface area (Å²) in [5.41, 5.74) is 9.12. The van der Waals surface area contributed by atoms with Gasteiger partial charge in [0.25, 0.3) is 0 Å². The number of aliphatic carboxylic acids is 1. The van der Waals surface area contributed by atoms with E-state index in [-0.39, 0.29) is 73.4 Å². The van der Waals surface area contributed by atoms with E-state index >= 15 is 0 Å². The highest BCUT2D eigenvalue weighted by Gasteiger charge is 2.70. The van der Waals surface area contributed by atoms with Gasteiger partial charge in [0.15, 0.2) is 5.96 Å². The van der Waals surface area contributed by atoms with Crippen molar-refractivity contribution in [1.29, 1.82) is 0 Å². The van der Waals surface area contributed by atoms with Crippen LogP contribution in [0.25, 0.3) is 0 Å². The minimum atomic E-state index is -1.15. The molecule has 14 heteroatoms. The van der Waals surface area contributed by atoms with E-state index in [0.717, 1.165) is 44.1 Å². The highest BCUT2D eigenvalue weighted by atomic mass is 16.5. The molecule has 5 rings (SSSR count). The van der Waals surface area contributed by atoms with Crippen LogP contribution in [0.4, 0.5) is 0 Å². The highest BCUT2D eigenvalue weighted by Crippen LogP contribution is 2.71. The number of hydrogen-bond donors (Lipinski definition) is 5. The molecule has 1 aromatic rings. The van der Waals surface area contributed by atoms with Gasteiger partial charge in [-0.1, -0.05) is 13.8 Å². The Morgan fingerprint density at radius 3 is 2.47 bits per heavy atom. The molecule has 10 atom stereocenters. The van der Waals surface area contributed by atoms with Crippen molar-refractivity contribution in [2.24, 2.45) is 45.0 Å². The summed E-state index contributed by atoms with van der Waals surface area (Å²) in [6.45, 7) is 6.06. The third-order valence-electron chi connectivity index (χ3n) is 12.9. The van der Waals surface area contributed by atoms with E-state index in [0.29, 0.717) is 25.2 Å². The lowest BCUT2D eigenvalue weighted by molar-refractivity contribution is -0.207. The number of fused-ring (bicyclic) bond motifs is 5. The maximum absolute atomic E-state index is 12.8. The second-order valence-electron chi connectivity index (χ2n) is 15.7. The predicted octanol–water partition coefficient (Wildman–Crippen LogP) is 3.13. The first-order chi connectivity index (χ1) is 24.1. The molecular formula is C37H54N4O10. The zero-order chi connectivity index (χ0) is 37.1. The maximum Gasteiger partial charge on any atom is 0.335 e. The van der Waals surface area contributed by atoms with Gasteiger partial charge in [-0.05, 0) is 99.0 Å². The smallest absolute Gasteiger partial charge is 0.335 e. The fraction of sp³-hybridized carbons (Fsp3) is 0.730. The number of ether oxygens (including phenoxy) is 2. The van der Waals surface area contributed by atoms with E-state index < -0.39 is 46.6 Å². The summed E-state index contributed by atoms with van der Waals surface area (Å²) < 4.78 is 17.0. The van der Waals surface area contributed by atoms with Crippen molar-refractivity contribution in [3.63, 3.8) is 0 Å². The van der Waals surface area contributed by atoms with Crippen LogP contribution in [0.5, 0.6) is 0 Å². The molecule has 4 fully saturated rings. The van der Waals surface area contributed by atoms with E-state index in [9.17, 15) is 34.2 Å². The Morgan fingerprint density at radius 1 is 1.04 bits per heavy atom. The molecule has 1 aromatic heterocycles. The second kappa shape index (κ2) is 15.3. The molecule has 4 aliphatic rings. The number of carboxylic acids is 1. The summed E-state index contributed by atoms with van der Waals surface area (Å²) in [6.07, 6.45) is 7.47. The number of aliphatic hydroxyl groups is 1. The van der Waals surface area contributed by atoms with E-state index in [1.54, 1.807) is 6.07 Å². The molecule has 4 saturated carbocycles. The van der Waals surface area contributed by atoms with Gasteiger partial charge in [0.1, 0.15) is 18.2 Å². The third kappa shape index (κ3) is 7.95. The molecule has 0 bridgehead atoms. The van der Waals surface area contributed by atoms with Gasteiger partial charge >= 0.3 is 23.5 Å². The van der Waals surface area contributed by atoms with Crippen LogP contribution < -0.4 is 22.4 Å². The molecule has 4 aliphatic carbocycles. The van der Waals surface area contributed by atoms with Crippen molar-refractivity contribution >= 4 is 29.8 Å². The van der Waals surface area contributed by atoms with Crippen LogP contribution in [-0.4, -0.2) is 70.4 Å². The van der Waals surface area contributed by atoms with E-state index in [2.05, 4.69) is 24.2 Å².